The van der Waals surface area contributed by atoms with E-state index in [-0.39, 0.29) is 23.5 Å². The van der Waals surface area contributed by atoms with Gasteiger partial charge in [-0.1, -0.05) is 0 Å². The summed E-state index contributed by atoms with van der Waals surface area (Å²) in [6.07, 6.45) is 1.28. The number of hydrogen-bond donors (Lipinski definition) is 3. The quantitative estimate of drug-likeness (QED) is 0.787. The fourth-order valence-electron chi connectivity index (χ4n) is 1.50. The number of hydrogen-bond acceptors (Lipinski definition) is 4. The molecule has 2 aromatic rings. The first-order valence-corrected chi connectivity index (χ1v) is 5.47. The van der Waals surface area contributed by atoms with Crippen LogP contribution in [0.25, 0.3) is 0 Å². The molecule has 2 rings (SSSR count). The molecule has 0 aliphatic carbocycles. The molecule has 5 nitrogen and oxygen atoms in total. The maximum absolute atomic E-state index is 13.5. The van der Waals surface area contributed by atoms with Gasteiger partial charge in [0.15, 0.2) is 0 Å². The van der Waals surface area contributed by atoms with Crippen LogP contribution in [-0.4, -0.2) is 21.2 Å². The molecule has 0 aliphatic rings. The molecular weight excluding hydrogens is 251 g/mol. The number of aromatic hydroxyl groups is 1. The Morgan fingerprint density at radius 3 is 2.74 bits per heavy atom. The van der Waals surface area contributed by atoms with Gasteiger partial charge in [-0.2, -0.15) is 0 Å². The van der Waals surface area contributed by atoms with Crippen LogP contribution in [0.4, 0.5) is 10.1 Å². The molecule has 0 unspecified atom stereocenters. The number of nitrogens with one attached hydrogen (secondary N) is 1. The third-order valence-electron chi connectivity index (χ3n) is 2.48. The van der Waals surface area contributed by atoms with Gasteiger partial charge in [-0.15, -0.1) is 0 Å². The molecule has 0 radical (unpaired) electrons. The molecule has 19 heavy (non-hydrogen) atoms. The molecule has 6 heteroatoms. The second-order valence-corrected chi connectivity index (χ2v) is 3.86. The number of aromatic carboxylic acids is 1. The minimum Gasteiger partial charge on any atom is -0.506 e. The fraction of sp³-hybridized carbons (Fsp3) is 0.0769. The Hall–Kier alpha value is -2.63. The van der Waals surface area contributed by atoms with Gasteiger partial charge in [0.2, 0.25) is 0 Å². The average molecular weight is 262 g/mol. The Bertz CT molecular complexity index is 599. The largest absolute Gasteiger partial charge is 0.506 e. The molecule has 1 aromatic heterocycles. The van der Waals surface area contributed by atoms with E-state index in [1.54, 1.807) is 6.07 Å². The molecule has 98 valence electrons. The van der Waals surface area contributed by atoms with Crippen LogP contribution in [0.1, 0.15) is 16.1 Å². The number of carboxylic acids is 1. The van der Waals surface area contributed by atoms with Gasteiger partial charge in [0.25, 0.3) is 0 Å². The van der Waals surface area contributed by atoms with E-state index in [4.69, 9.17) is 10.2 Å². The van der Waals surface area contributed by atoms with Gasteiger partial charge in [0.1, 0.15) is 11.6 Å². The van der Waals surface area contributed by atoms with Crippen LogP contribution in [0, 0.1) is 5.82 Å². The Kier molecular flexibility index (Phi) is 3.61. The molecule has 0 atom stereocenters. The maximum atomic E-state index is 13.5. The average Bonchev–Trinajstić information content (AvgIpc) is 2.39. The fourth-order valence-corrected chi connectivity index (χ4v) is 1.50. The van der Waals surface area contributed by atoms with E-state index in [0.717, 1.165) is 6.07 Å². The monoisotopic (exact) mass is 262 g/mol. The number of anilines is 1. The molecule has 0 spiro atoms. The second-order valence-electron chi connectivity index (χ2n) is 3.86. The Labute approximate surface area is 108 Å². The van der Waals surface area contributed by atoms with E-state index in [2.05, 4.69) is 10.3 Å². The zero-order chi connectivity index (χ0) is 13.8. The predicted molar refractivity (Wildman–Crippen MR) is 66.6 cm³/mol. The van der Waals surface area contributed by atoms with Crippen molar-refractivity contribution in [1.82, 2.24) is 4.98 Å². The van der Waals surface area contributed by atoms with Crippen molar-refractivity contribution in [1.29, 1.82) is 0 Å². The van der Waals surface area contributed by atoms with Gasteiger partial charge in [-0.3, -0.25) is 4.98 Å². The number of halogens is 1. The first-order chi connectivity index (χ1) is 9.06. The van der Waals surface area contributed by atoms with Crippen LogP contribution in [0.15, 0.2) is 36.5 Å². The lowest BCUT2D eigenvalue weighted by Crippen LogP contribution is -2.05. The van der Waals surface area contributed by atoms with E-state index in [0.29, 0.717) is 5.69 Å². The minimum absolute atomic E-state index is 0.00238. The number of nitrogens with zero attached hydrogens (tertiary/aromatic N) is 1. The highest BCUT2D eigenvalue weighted by Gasteiger charge is 2.08. The Morgan fingerprint density at radius 2 is 2.11 bits per heavy atom. The van der Waals surface area contributed by atoms with Gasteiger partial charge in [0.05, 0.1) is 29.7 Å². The van der Waals surface area contributed by atoms with E-state index in [1.165, 1.54) is 24.4 Å². The van der Waals surface area contributed by atoms with Gasteiger partial charge < -0.3 is 15.5 Å². The van der Waals surface area contributed by atoms with E-state index in [1.807, 2.05) is 0 Å². The van der Waals surface area contributed by atoms with Crippen LogP contribution in [0.3, 0.4) is 0 Å². The summed E-state index contributed by atoms with van der Waals surface area (Å²) in [5.41, 5.74) is 0.690. The normalized spacial score (nSPS) is 10.2. The zero-order valence-corrected chi connectivity index (χ0v) is 9.80. The number of rotatable bonds is 4. The number of benzene rings is 1. The van der Waals surface area contributed by atoms with E-state index >= 15 is 0 Å². The van der Waals surface area contributed by atoms with Crippen LogP contribution >= 0.6 is 0 Å². The summed E-state index contributed by atoms with van der Waals surface area (Å²) in [6, 6.07) is 6.56. The number of pyridine rings is 1. The van der Waals surface area contributed by atoms with Crippen molar-refractivity contribution in [2.75, 3.05) is 5.32 Å². The van der Waals surface area contributed by atoms with Crippen molar-refractivity contribution in [2.24, 2.45) is 0 Å². The van der Waals surface area contributed by atoms with Crippen molar-refractivity contribution >= 4 is 11.7 Å². The van der Waals surface area contributed by atoms with Gasteiger partial charge in [0, 0.05) is 0 Å². The molecule has 0 amide bonds. The van der Waals surface area contributed by atoms with Crippen molar-refractivity contribution in [3.8, 4) is 5.75 Å². The van der Waals surface area contributed by atoms with Gasteiger partial charge >= 0.3 is 5.97 Å². The zero-order valence-electron chi connectivity index (χ0n) is 9.80. The highest BCUT2D eigenvalue weighted by atomic mass is 19.1. The van der Waals surface area contributed by atoms with Crippen molar-refractivity contribution in [2.45, 2.75) is 6.54 Å². The Morgan fingerprint density at radius 1 is 1.32 bits per heavy atom. The van der Waals surface area contributed by atoms with Crippen molar-refractivity contribution in [3.63, 3.8) is 0 Å². The molecule has 0 aliphatic heterocycles. The lowest BCUT2D eigenvalue weighted by atomic mass is 10.2. The van der Waals surface area contributed by atoms with Crippen molar-refractivity contribution < 1.29 is 19.4 Å². The molecule has 3 N–H and O–H groups in total. The number of carbonyl (C=O) groups is 1. The predicted octanol–water partition coefficient (Wildman–Crippen LogP) is 2.24. The molecule has 0 saturated carbocycles. The minimum atomic E-state index is -1.12. The Balaban J connectivity index is 2.12. The smallest absolute Gasteiger partial charge is 0.335 e. The third kappa shape index (κ3) is 3.19. The lowest BCUT2D eigenvalue weighted by Gasteiger charge is -2.08. The number of carboxylic acid groups (broad SMARTS) is 1. The van der Waals surface area contributed by atoms with Crippen LogP contribution in [-0.2, 0) is 6.54 Å². The van der Waals surface area contributed by atoms with Gasteiger partial charge in [-0.25, -0.2) is 9.18 Å². The summed E-state index contributed by atoms with van der Waals surface area (Å²) in [4.78, 5) is 14.7. The molecule has 0 saturated heterocycles. The SMILES string of the molecule is O=C(O)c1ccc(F)c(NCc2ccc(O)cn2)c1. The topological polar surface area (TPSA) is 82.5 Å². The molecule has 1 aromatic carbocycles. The maximum Gasteiger partial charge on any atom is 0.335 e. The summed E-state index contributed by atoms with van der Waals surface area (Å²) >= 11 is 0. The summed E-state index contributed by atoms with van der Waals surface area (Å²) in [6.45, 7) is 0.222. The molecular formula is C13H11FN2O3. The lowest BCUT2D eigenvalue weighted by molar-refractivity contribution is 0.0697. The third-order valence-corrected chi connectivity index (χ3v) is 2.48. The highest BCUT2D eigenvalue weighted by Crippen LogP contribution is 2.17. The van der Waals surface area contributed by atoms with Crippen molar-refractivity contribution in [3.05, 3.63) is 53.6 Å². The molecule has 1 heterocycles. The summed E-state index contributed by atoms with van der Waals surface area (Å²) in [5.74, 6) is -1.61. The first-order valence-electron chi connectivity index (χ1n) is 5.47. The number of aromatic nitrogens is 1. The highest BCUT2D eigenvalue weighted by molar-refractivity contribution is 5.88. The first kappa shape index (κ1) is 12.8. The standard InChI is InChI=1S/C13H11FN2O3/c14-11-4-1-8(13(18)19)5-12(11)16-6-9-2-3-10(17)7-15-9/h1-5,7,16-17H,6H2,(H,18,19). The van der Waals surface area contributed by atoms with E-state index < -0.39 is 11.8 Å². The summed E-state index contributed by atoms with van der Waals surface area (Å²) in [7, 11) is 0. The second kappa shape index (κ2) is 5.34. The summed E-state index contributed by atoms with van der Waals surface area (Å²) in [5, 5.41) is 20.7. The summed E-state index contributed by atoms with van der Waals surface area (Å²) < 4.78 is 13.5. The van der Waals surface area contributed by atoms with Crippen LogP contribution in [0.5, 0.6) is 5.75 Å². The van der Waals surface area contributed by atoms with Crippen LogP contribution in [0.2, 0.25) is 0 Å². The van der Waals surface area contributed by atoms with Gasteiger partial charge in [-0.05, 0) is 30.3 Å². The molecule has 0 bridgehead atoms. The van der Waals surface area contributed by atoms with Crippen LogP contribution < -0.4 is 5.32 Å². The van der Waals surface area contributed by atoms with E-state index in [9.17, 15) is 9.18 Å². The molecule has 0 fully saturated rings.